The van der Waals surface area contributed by atoms with Crippen LogP contribution < -0.4 is 10.2 Å². The van der Waals surface area contributed by atoms with E-state index in [1.807, 2.05) is 103 Å². The van der Waals surface area contributed by atoms with E-state index in [1.54, 1.807) is 30.0 Å². The van der Waals surface area contributed by atoms with Crippen LogP contribution in [0.3, 0.4) is 0 Å². The zero-order chi connectivity index (χ0) is 41.5. The third kappa shape index (κ3) is 8.35. The van der Waals surface area contributed by atoms with Crippen molar-refractivity contribution < 1.29 is 28.7 Å². The Morgan fingerprint density at radius 1 is 0.683 bits per heavy atom. The topological polar surface area (TPSA) is 141 Å². The van der Waals surface area contributed by atoms with E-state index in [1.165, 1.54) is 7.11 Å². The molecule has 1 unspecified atom stereocenters. The van der Waals surface area contributed by atoms with Crippen LogP contribution in [0, 0.1) is 0 Å². The van der Waals surface area contributed by atoms with Gasteiger partial charge in [-0.15, -0.1) is 0 Å². The molecule has 0 aliphatic heterocycles. The number of imidazole rings is 1. The van der Waals surface area contributed by atoms with Gasteiger partial charge in [0.1, 0.15) is 11.2 Å². The Labute approximate surface area is 348 Å². The molecule has 2 heterocycles. The molecular formula is C48H44N5O6P. The van der Waals surface area contributed by atoms with E-state index in [0.29, 0.717) is 22.8 Å². The molecule has 302 valence electrons. The minimum absolute atomic E-state index is 0.109. The van der Waals surface area contributed by atoms with E-state index in [9.17, 15) is 14.4 Å². The summed E-state index contributed by atoms with van der Waals surface area (Å²) in [6.07, 6.45) is 0.812. The fraction of sp³-hybridized carbons (Fsp3) is 0.146. The summed E-state index contributed by atoms with van der Waals surface area (Å²) in [4.78, 5) is 41.6. The maximum atomic E-state index is 13.0. The molecule has 60 heavy (non-hydrogen) atoms. The molecule has 0 saturated heterocycles. The van der Waals surface area contributed by atoms with Crippen molar-refractivity contribution in [2.45, 2.75) is 36.9 Å². The third-order valence-corrected chi connectivity index (χ3v) is 11.2. The smallest absolute Gasteiger partial charge is 0.393 e. The molecule has 0 fully saturated rings. The molecule has 0 amide bonds. The normalized spacial score (nSPS) is 12.9. The van der Waals surface area contributed by atoms with Crippen molar-refractivity contribution in [2.24, 2.45) is 0 Å². The molecule has 8 aromatic rings. The number of nitrogens with one attached hydrogen (secondary N) is 1. The van der Waals surface area contributed by atoms with Gasteiger partial charge >= 0.3 is 13.6 Å². The average molecular weight is 818 g/mol. The molecule has 2 atom stereocenters. The lowest BCUT2D eigenvalue weighted by atomic mass is 9.68. The van der Waals surface area contributed by atoms with E-state index < -0.39 is 25.1 Å². The highest BCUT2D eigenvalue weighted by molar-refractivity contribution is 7.52. The Balaban J connectivity index is 1.14. The van der Waals surface area contributed by atoms with Crippen LogP contribution >= 0.6 is 7.60 Å². The van der Waals surface area contributed by atoms with Crippen LogP contribution in [0.5, 0.6) is 5.75 Å². The van der Waals surface area contributed by atoms with Crippen molar-refractivity contribution in [3.63, 3.8) is 0 Å². The molecule has 0 saturated carbocycles. The molecule has 2 aromatic heterocycles. The SMILES string of the molecule is CONc1nc(C(c2ccccc2)(c2ccccc2)c2ccccc2)nc2c1ncn2CC(C)O[C@@H](Oc1cccc(C(c2ccccc2)c2ccccc2)c1)P(=O)(O)O. The van der Waals surface area contributed by atoms with Gasteiger partial charge in [-0.05, 0) is 52.4 Å². The molecular weight excluding hydrogens is 774 g/mol. The molecule has 3 N–H and O–H groups in total. The summed E-state index contributed by atoms with van der Waals surface area (Å²) in [6, 6.07) is 55.7. The fourth-order valence-corrected chi connectivity index (χ4v) is 8.44. The summed E-state index contributed by atoms with van der Waals surface area (Å²) >= 11 is 0. The number of hydrogen-bond acceptors (Lipinski definition) is 8. The average Bonchev–Trinajstić information content (AvgIpc) is 3.68. The lowest BCUT2D eigenvalue weighted by molar-refractivity contribution is -0.0786. The lowest BCUT2D eigenvalue weighted by Crippen LogP contribution is -2.34. The van der Waals surface area contributed by atoms with E-state index in [0.717, 1.165) is 33.4 Å². The van der Waals surface area contributed by atoms with Crippen LogP contribution in [-0.2, 0) is 26.1 Å². The van der Waals surface area contributed by atoms with Gasteiger partial charge in [0, 0.05) is 5.92 Å². The van der Waals surface area contributed by atoms with Crippen LogP contribution in [0.2, 0.25) is 0 Å². The largest absolute Gasteiger partial charge is 0.453 e. The van der Waals surface area contributed by atoms with E-state index in [2.05, 4.69) is 71.1 Å². The van der Waals surface area contributed by atoms with Gasteiger partial charge in [-0.25, -0.2) is 20.4 Å². The number of ether oxygens (including phenoxy) is 2. The van der Waals surface area contributed by atoms with Gasteiger partial charge in [0.2, 0.25) is 0 Å². The zero-order valence-electron chi connectivity index (χ0n) is 33.0. The molecule has 6 aromatic carbocycles. The molecule has 0 aliphatic rings. The molecule has 12 heteroatoms. The minimum Gasteiger partial charge on any atom is -0.453 e. The summed E-state index contributed by atoms with van der Waals surface area (Å²) < 4.78 is 26.9. The van der Waals surface area contributed by atoms with Crippen LogP contribution in [0.15, 0.2) is 182 Å². The van der Waals surface area contributed by atoms with Gasteiger partial charge in [0.05, 0.1) is 26.1 Å². The second-order valence-electron chi connectivity index (χ2n) is 14.4. The summed E-state index contributed by atoms with van der Waals surface area (Å²) in [6.45, 7) is 1.83. The standard InChI is InChI=1S/C48H44N5O6P/c1-34(58-47(60(54,55)56)59-41-30-18-23-37(31-41)42(35-19-8-3-9-20-35)36-21-10-4-11-22-36)32-53-33-49-43-44(52-57-2)50-46(51-45(43)53)48(38-24-12-5-13-25-38,39-26-14-6-15-27-39)40-28-16-7-17-29-40/h3-31,33-34,42,47H,32H2,1-2H3,(H,50,51,52)(H2,54,55,56)/t34?,47-/m0/s1. The van der Waals surface area contributed by atoms with E-state index in [4.69, 9.17) is 24.3 Å². The fourth-order valence-electron chi connectivity index (χ4n) is 7.81. The number of fused-ring (bicyclic) bond motifs is 1. The molecule has 0 radical (unpaired) electrons. The van der Waals surface area contributed by atoms with Gasteiger partial charge in [0.15, 0.2) is 22.8 Å². The molecule has 0 spiro atoms. The Kier molecular flexibility index (Phi) is 12.0. The maximum absolute atomic E-state index is 13.0. The number of anilines is 1. The molecule has 8 rings (SSSR count). The van der Waals surface area contributed by atoms with E-state index >= 15 is 0 Å². The predicted octanol–water partition coefficient (Wildman–Crippen LogP) is 9.31. The van der Waals surface area contributed by atoms with E-state index in [-0.39, 0.29) is 18.2 Å². The third-order valence-electron chi connectivity index (χ3n) is 10.4. The molecule has 11 nitrogen and oxygen atoms in total. The van der Waals surface area contributed by atoms with Gasteiger partial charge in [-0.2, -0.15) is 0 Å². The Hall–Kier alpha value is -6.46. The second kappa shape index (κ2) is 17.8. The summed E-state index contributed by atoms with van der Waals surface area (Å²) in [5.74, 6) is 0.906. The highest BCUT2D eigenvalue weighted by Crippen LogP contribution is 2.46. The van der Waals surface area contributed by atoms with Crippen molar-refractivity contribution in [1.82, 2.24) is 19.5 Å². The summed E-state index contributed by atoms with van der Waals surface area (Å²) in [7, 11) is -3.46. The Morgan fingerprint density at radius 3 is 1.68 bits per heavy atom. The maximum Gasteiger partial charge on any atom is 0.393 e. The van der Waals surface area contributed by atoms with Crippen molar-refractivity contribution in [3.05, 3.63) is 221 Å². The monoisotopic (exact) mass is 817 g/mol. The summed E-state index contributed by atoms with van der Waals surface area (Å²) in [5, 5.41) is 0. The first kappa shape index (κ1) is 40.3. The van der Waals surface area contributed by atoms with Crippen LogP contribution in [0.25, 0.3) is 11.2 Å². The van der Waals surface area contributed by atoms with Crippen molar-refractivity contribution in [2.75, 3.05) is 12.6 Å². The molecule has 0 aliphatic carbocycles. The number of hydrogen-bond donors (Lipinski definition) is 3. The van der Waals surface area contributed by atoms with Crippen LogP contribution in [0.1, 0.15) is 52.0 Å². The highest BCUT2D eigenvalue weighted by Gasteiger charge is 2.42. The number of aromatic nitrogens is 4. The second-order valence-corrected chi connectivity index (χ2v) is 16.0. The summed E-state index contributed by atoms with van der Waals surface area (Å²) in [5.41, 5.74) is 8.67. The Bertz CT molecular complexity index is 2550. The number of rotatable bonds is 16. The first-order valence-electron chi connectivity index (χ1n) is 19.5. The first-order chi connectivity index (χ1) is 29.3. The zero-order valence-corrected chi connectivity index (χ0v) is 33.9. The minimum atomic E-state index is -4.96. The molecule has 0 bridgehead atoms. The van der Waals surface area contributed by atoms with Crippen LogP contribution in [-0.4, -0.2) is 48.6 Å². The van der Waals surface area contributed by atoms with Gasteiger partial charge in [0.25, 0.3) is 0 Å². The highest BCUT2D eigenvalue weighted by atomic mass is 31.2. The van der Waals surface area contributed by atoms with Crippen molar-refractivity contribution in [3.8, 4) is 5.75 Å². The van der Waals surface area contributed by atoms with Crippen LogP contribution in [0.4, 0.5) is 5.82 Å². The quantitative estimate of drug-likeness (QED) is 0.0374. The van der Waals surface area contributed by atoms with Crippen molar-refractivity contribution >= 4 is 24.6 Å². The lowest BCUT2D eigenvalue weighted by Gasteiger charge is -2.34. The number of benzene rings is 6. The first-order valence-corrected chi connectivity index (χ1v) is 21.2. The Morgan fingerprint density at radius 2 is 1.18 bits per heavy atom. The van der Waals surface area contributed by atoms with Crippen molar-refractivity contribution in [1.29, 1.82) is 0 Å². The number of nitrogens with zero attached hydrogens (tertiary/aromatic N) is 4. The van der Waals surface area contributed by atoms with Gasteiger partial charge in [-0.1, -0.05) is 164 Å². The predicted molar refractivity (Wildman–Crippen MR) is 232 cm³/mol. The van der Waals surface area contributed by atoms with Gasteiger partial charge < -0.3 is 23.8 Å². The van der Waals surface area contributed by atoms with Gasteiger partial charge in [-0.3, -0.25) is 9.40 Å².